The number of rotatable bonds is 2. The van der Waals surface area contributed by atoms with Crippen LogP contribution in [0.25, 0.3) is 10.8 Å². The minimum Gasteiger partial charge on any atom is -0.367 e. The van der Waals surface area contributed by atoms with Crippen molar-refractivity contribution < 1.29 is 9.53 Å². The molecule has 2 aromatic rings. The van der Waals surface area contributed by atoms with Crippen LogP contribution >= 0.6 is 0 Å². The molecule has 1 N–H and O–H groups in total. The Labute approximate surface area is 112 Å². The summed E-state index contributed by atoms with van der Waals surface area (Å²) < 4.78 is 5.51. The average molecular weight is 255 g/mol. The molecule has 1 saturated heterocycles. The van der Waals surface area contributed by atoms with E-state index in [4.69, 9.17) is 4.74 Å². The van der Waals surface area contributed by atoms with Gasteiger partial charge in [-0.3, -0.25) is 4.79 Å². The second-order valence-electron chi connectivity index (χ2n) is 4.99. The molecule has 3 rings (SSSR count). The summed E-state index contributed by atoms with van der Waals surface area (Å²) in [5, 5.41) is 5.45. The quantitative estimate of drug-likeness (QED) is 0.837. The van der Waals surface area contributed by atoms with Gasteiger partial charge in [0, 0.05) is 18.7 Å². The van der Waals surface area contributed by atoms with Crippen LogP contribution < -0.4 is 5.32 Å². The van der Waals surface area contributed by atoms with E-state index in [0.29, 0.717) is 13.2 Å². The molecule has 0 aliphatic carbocycles. The van der Waals surface area contributed by atoms with Gasteiger partial charge in [-0.2, -0.15) is 0 Å². The molecule has 0 amide bonds. The lowest BCUT2D eigenvalue weighted by Gasteiger charge is -2.22. The summed E-state index contributed by atoms with van der Waals surface area (Å²) >= 11 is 0. The van der Waals surface area contributed by atoms with Gasteiger partial charge in [-0.1, -0.05) is 35.9 Å². The van der Waals surface area contributed by atoms with Gasteiger partial charge in [0.25, 0.3) is 0 Å². The van der Waals surface area contributed by atoms with Gasteiger partial charge in [0.15, 0.2) is 5.78 Å². The van der Waals surface area contributed by atoms with Crippen molar-refractivity contribution in [1.29, 1.82) is 0 Å². The fourth-order valence-corrected chi connectivity index (χ4v) is 2.44. The molecule has 19 heavy (non-hydrogen) atoms. The normalized spacial score (nSPS) is 19.5. The Kier molecular flexibility index (Phi) is 3.32. The SMILES string of the molecule is Cc1ccc2cc(C(=O)C3CNCCO3)ccc2c1. The fraction of sp³-hybridized carbons (Fsp3) is 0.312. The number of hydrogen-bond donors (Lipinski definition) is 1. The maximum atomic E-state index is 12.3. The highest BCUT2D eigenvalue weighted by atomic mass is 16.5. The molecule has 2 aromatic carbocycles. The summed E-state index contributed by atoms with van der Waals surface area (Å²) in [6, 6.07) is 12.1. The highest BCUT2D eigenvalue weighted by molar-refractivity contribution is 6.02. The molecule has 0 saturated carbocycles. The number of hydrogen-bond acceptors (Lipinski definition) is 3. The third-order valence-electron chi connectivity index (χ3n) is 3.50. The zero-order valence-corrected chi connectivity index (χ0v) is 11.0. The zero-order valence-electron chi connectivity index (χ0n) is 11.0. The Bertz CT molecular complexity index is 615. The van der Waals surface area contributed by atoms with Crippen LogP contribution in [0.4, 0.5) is 0 Å². The van der Waals surface area contributed by atoms with Gasteiger partial charge in [0.1, 0.15) is 6.10 Å². The molecule has 1 atom stereocenters. The van der Waals surface area contributed by atoms with E-state index in [1.54, 1.807) is 0 Å². The predicted molar refractivity (Wildman–Crippen MR) is 75.6 cm³/mol. The molecular weight excluding hydrogens is 238 g/mol. The second-order valence-corrected chi connectivity index (χ2v) is 4.99. The molecule has 0 radical (unpaired) electrons. The van der Waals surface area contributed by atoms with Gasteiger partial charge in [0.05, 0.1) is 6.61 Å². The third-order valence-corrected chi connectivity index (χ3v) is 3.50. The number of morpholine rings is 1. The lowest BCUT2D eigenvalue weighted by atomic mass is 10.00. The molecule has 1 heterocycles. The number of ketones is 1. The van der Waals surface area contributed by atoms with Crippen LogP contribution in [-0.4, -0.2) is 31.6 Å². The topological polar surface area (TPSA) is 38.3 Å². The van der Waals surface area contributed by atoms with E-state index >= 15 is 0 Å². The first-order valence-corrected chi connectivity index (χ1v) is 6.61. The number of fused-ring (bicyclic) bond motifs is 1. The first kappa shape index (κ1) is 12.3. The number of carbonyl (C=O) groups is 1. The molecule has 1 fully saturated rings. The summed E-state index contributed by atoms with van der Waals surface area (Å²) in [6.07, 6.45) is -0.350. The largest absolute Gasteiger partial charge is 0.367 e. The smallest absolute Gasteiger partial charge is 0.192 e. The Morgan fingerprint density at radius 2 is 2.00 bits per heavy atom. The van der Waals surface area contributed by atoms with Crippen molar-refractivity contribution in [2.24, 2.45) is 0 Å². The number of nitrogens with one attached hydrogen (secondary N) is 1. The Morgan fingerprint density at radius 3 is 2.79 bits per heavy atom. The van der Waals surface area contributed by atoms with Crippen molar-refractivity contribution >= 4 is 16.6 Å². The highest BCUT2D eigenvalue weighted by Gasteiger charge is 2.23. The minimum absolute atomic E-state index is 0.0645. The molecule has 3 nitrogen and oxygen atoms in total. The molecule has 0 aromatic heterocycles. The highest BCUT2D eigenvalue weighted by Crippen LogP contribution is 2.19. The predicted octanol–water partition coefficient (Wildman–Crippen LogP) is 2.32. The summed E-state index contributed by atoms with van der Waals surface area (Å²) in [5.74, 6) is 0.0645. The van der Waals surface area contributed by atoms with E-state index < -0.39 is 0 Å². The van der Waals surface area contributed by atoms with E-state index in [9.17, 15) is 4.79 Å². The number of aryl methyl sites for hydroxylation is 1. The van der Waals surface area contributed by atoms with Crippen molar-refractivity contribution in [1.82, 2.24) is 5.32 Å². The standard InChI is InChI=1S/C16H17NO2/c1-11-2-3-13-9-14(5-4-12(13)8-11)16(18)15-10-17-6-7-19-15/h2-5,8-9,15,17H,6-7,10H2,1H3. The van der Waals surface area contributed by atoms with Crippen molar-refractivity contribution in [2.45, 2.75) is 13.0 Å². The summed E-state index contributed by atoms with van der Waals surface area (Å²) in [7, 11) is 0. The molecule has 1 unspecified atom stereocenters. The monoisotopic (exact) mass is 255 g/mol. The Hall–Kier alpha value is -1.71. The van der Waals surface area contributed by atoms with Crippen LogP contribution in [0.15, 0.2) is 36.4 Å². The fourth-order valence-electron chi connectivity index (χ4n) is 2.44. The van der Waals surface area contributed by atoms with Crippen LogP contribution in [0.5, 0.6) is 0 Å². The van der Waals surface area contributed by atoms with Gasteiger partial charge >= 0.3 is 0 Å². The molecule has 3 heteroatoms. The van der Waals surface area contributed by atoms with Gasteiger partial charge < -0.3 is 10.1 Å². The molecule has 0 spiro atoms. The number of Topliss-reactive ketones (excluding diaryl/α,β-unsaturated/α-hetero) is 1. The van der Waals surface area contributed by atoms with Crippen molar-refractivity contribution in [2.75, 3.05) is 19.7 Å². The molecule has 0 bridgehead atoms. The van der Waals surface area contributed by atoms with Crippen molar-refractivity contribution in [3.63, 3.8) is 0 Å². The van der Waals surface area contributed by atoms with E-state index in [1.807, 2.05) is 18.2 Å². The lowest BCUT2D eigenvalue weighted by Crippen LogP contribution is -2.43. The Balaban J connectivity index is 1.92. The van der Waals surface area contributed by atoms with E-state index in [1.165, 1.54) is 10.9 Å². The minimum atomic E-state index is -0.350. The second kappa shape index (κ2) is 5.11. The van der Waals surface area contributed by atoms with Gasteiger partial charge in [-0.05, 0) is 23.8 Å². The van der Waals surface area contributed by atoms with E-state index in [-0.39, 0.29) is 11.9 Å². The lowest BCUT2D eigenvalue weighted by molar-refractivity contribution is 0.0269. The van der Waals surface area contributed by atoms with Crippen molar-refractivity contribution in [3.8, 4) is 0 Å². The van der Waals surface area contributed by atoms with Crippen LogP contribution in [0.3, 0.4) is 0 Å². The van der Waals surface area contributed by atoms with Gasteiger partial charge in [-0.15, -0.1) is 0 Å². The molecule has 98 valence electrons. The number of benzene rings is 2. The first-order chi connectivity index (χ1) is 9.24. The van der Waals surface area contributed by atoms with Crippen LogP contribution in [-0.2, 0) is 4.74 Å². The van der Waals surface area contributed by atoms with Gasteiger partial charge in [-0.25, -0.2) is 0 Å². The third kappa shape index (κ3) is 2.53. The Morgan fingerprint density at radius 1 is 1.21 bits per heavy atom. The summed E-state index contributed by atoms with van der Waals surface area (Å²) in [6.45, 7) is 4.09. The van der Waals surface area contributed by atoms with Crippen LogP contribution in [0, 0.1) is 6.92 Å². The van der Waals surface area contributed by atoms with E-state index in [2.05, 4.69) is 30.4 Å². The summed E-state index contributed by atoms with van der Waals surface area (Å²) in [5.41, 5.74) is 1.96. The molecular formula is C16H17NO2. The first-order valence-electron chi connectivity index (χ1n) is 6.61. The van der Waals surface area contributed by atoms with Gasteiger partial charge in [0.2, 0.25) is 0 Å². The van der Waals surface area contributed by atoms with Crippen LogP contribution in [0.1, 0.15) is 15.9 Å². The van der Waals surface area contributed by atoms with E-state index in [0.717, 1.165) is 17.5 Å². The molecule has 1 aliphatic rings. The molecule has 1 aliphatic heterocycles. The maximum Gasteiger partial charge on any atom is 0.192 e. The van der Waals surface area contributed by atoms with Crippen LogP contribution in [0.2, 0.25) is 0 Å². The summed E-state index contributed by atoms with van der Waals surface area (Å²) in [4.78, 5) is 12.3. The number of carbonyl (C=O) groups excluding carboxylic acids is 1. The zero-order chi connectivity index (χ0) is 13.2. The maximum absolute atomic E-state index is 12.3. The van der Waals surface area contributed by atoms with Crippen molar-refractivity contribution in [3.05, 3.63) is 47.5 Å². The average Bonchev–Trinajstić information content (AvgIpc) is 2.47. The number of ether oxygens (including phenoxy) is 1.